The summed E-state index contributed by atoms with van der Waals surface area (Å²) in [5, 5.41) is 11.9. The number of aryl methyl sites for hydroxylation is 1. The summed E-state index contributed by atoms with van der Waals surface area (Å²) in [5.41, 5.74) is 4.77. The molecule has 2 aromatic carbocycles. The number of benzene rings is 2. The third-order valence-corrected chi connectivity index (χ3v) is 7.21. The third kappa shape index (κ3) is 4.32. The number of anilines is 2. The van der Waals surface area contributed by atoms with Gasteiger partial charge in [0.05, 0.1) is 30.8 Å². The highest BCUT2D eigenvalue weighted by molar-refractivity contribution is 5.97. The van der Waals surface area contributed by atoms with E-state index < -0.39 is 0 Å². The average molecular weight is 467 g/mol. The lowest BCUT2D eigenvalue weighted by molar-refractivity contribution is -0.128. The lowest BCUT2D eigenvalue weighted by Crippen LogP contribution is -2.55. The molecule has 1 amide bonds. The van der Waals surface area contributed by atoms with Gasteiger partial charge in [-0.15, -0.1) is 0 Å². The highest BCUT2D eigenvalue weighted by Gasteiger charge is 2.32. The second-order valence-electron chi connectivity index (χ2n) is 9.30. The zero-order valence-electron chi connectivity index (χ0n) is 20.2. The smallest absolute Gasteiger partial charge is 0.246 e. The van der Waals surface area contributed by atoms with Crippen LogP contribution >= 0.6 is 0 Å². The SMILES string of the molecule is C=CC(=O)N1CCN(c2ncnc3c2CCCN(c2cccc4cccc(C)c24)C3)C[C@@H]1CC#N. The van der Waals surface area contributed by atoms with Gasteiger partial charge in [0.1, 0.15) is 12.1 Å². The first-order valence-corrected chi connectivity index (χ1v) is 12.2. The van der Waals surface area contributed by atoms with Crippen molar-refractivity contribution in [3.05, 3.63) is 72.2 Å². The Labute approximate surface area is 206 Å². The fourth-order valence-corrected chi connectivity index (χ4v) is 5.52. The van der Waals surface area contributed by atoms with Crippen molar-refractivity contribution < 1.29 is 4.79 Å². The summed E-state index contributed by atoms with van der Waals surface area (Å²) in [7, 11) is 0. The van der Waals surface area contributed by atoms with Gasteiger partial charge in [-0.3, -0.25) is 4.79 Å². The van der Waals surface area contributed by atoms with Crippen molar-refractivity contribution in [2.75, 3.05) is 36.0 Å². The van der Waals surface area contributed by atoms with Crippen LogP contribution in [0.25, 0.3) is 10.8 Å². The van der Waals surface area contributed by atoms with Gasteiger partial charge in [0, 0.05) is 42.8 Å². The van der Waals surface area contributed by atoms with Gasteiger partial charge in [0.15, 0.2) is 0 Å². The van der Waals surface area contributed by atoms with Gasteiger partial charge in [-0.1, -0.05) is 36.9 Å². The molecule has 2 aliphatic heterocycles. The van der Waals surface area contributed by atoms with Crippen LogP contribution in [0.4, 0.5) is 11.5 Å². The number of hydrogen-bond donors (Lipinski definition) is 0. The molecule has 0 bridgehead atoms. The lowest BCUT2D eigenvalue weighted by atomic mass is 10.0. The number of piperazine rings is 1. The topological polar surface area (TPSA) is 76.4 Å². The summed E-state index contributed by atoms with van der Waals surface area (Å²) in [6.45, 7) is 9.29. The van der Waals surface area contributed by atoms with E-state index in [1.165, 1.54) is 33.7 Å². The molecule has 1 fully saturated rings. The van der Waals surface area contributed by atoms with E-state index in [-0.39, 0.29) is 18.4 Å². The third-order valence-electron chi connectivity index (χ3n) is 7.21. The average Bonchev–Trinajstić information content (AvgIpc) is 3.11. The van der Waals surface area contributed by atoms with Gasteiger partial charge in [-0.2, -0.15) is 5.26 Å². The number of aromatic nitrogens is 2. The fourth-order valence-electron chi connectivity index (χ4n) is 5.52. The number of carbonyl (C=O) groups is 1. The van der Waals surface area contributed by atoms with Crippen LogP contribution in [0.5, 0.6) is 0 Å². The molecule has 5 rings (SSSR count). The Morgan fingerprint density at radius 2 is 2.00 bits per heavy atom. The Balaban J connectivity index is 1.45. The van der Waals surface area contributed by atoms with Crippen LogP contribution in [0.2, 0.25) is 0 Å². The van der Waals surface area contributed by atoms with Gasteiger partial charge in [-0.25, -0.2) is 9.97 Å². The van der Waals surface area contributed by atoms with Crippen LogP contribution in [0.3, 0.4) is 0 Å². The maximum absolute atomic E-state index is 12.3. The van der Waals surface area contributed by atoms with Gasteiger partial charge in [-0.05, 0) is 42.9 Å². The second-order valence-corrected chi connectivity index (χ2v) is 9.30. The minimum atomic E-state index is -0.175. The summed E-state index contributed by atoms with van der Waals surface area (Å²) < 4.78 is 0. The monoisotopic (exact) mass is 466 g/mol. The predicted octanol–water partition coefficient (Wildman–Crippen LogP) is 4.01. The first kappa shape index (κ1) is 22.9. The molecule has 1 saturated heterocycles. The van der Waals surface area contributed by atoms with Crippen molar-refractivity contribution in [3.8, 4) is 6.07 Å². The Kier molecular flexibility index (Phi) is 6.37. The van der Waals surface area contributed by atoms with Crippen LogP contribution in [-0.2, 0) is 17.8 Å². The van der Waals surface area contributed by atoms with Crippen molar-refractivity contribution in [2.45, 2.75) is 38.8 Å². The Bertz CT molecular complexity index is 1310. The first-order valence-electron chi connectivity index (χ1n) is 12.2. The summed E-state index contributed by atoms with van der Waals surface area (Å²) in [6.07, 6.45) is 5.19. The molecule has 0 spiro atoms. The van der Waals surface area contributed by atoms with Crippen LogP contribution in [0.15, 0.2) is 55.4 Å². The highest BCUT2D eigenvalue weighted by atomic mass is 16.2. The van der Waals surface area contributed by atoms with E-state index in [9.17, 15) is 10.1 Å². The molecule has 0 N–H and O–H groups in total. The molecule has 0 unspecified atom stereocenters. The van der Waals surface area contributed by atoms with E-state index in [2.05, 4.69) is 65.8 Å². The van der Waals surface area contributed by atoms with Crippen molar-refractivity contribution in [1.29, 1.82) is 5.26 Å². The van der Waals surface area contributed by atoms with Gasteiger partial charge in [0.2, 0.25) is 5.91 Å². The summed E-state index contributed by atoms with van der Waals surface area (Å²) in [5.74, 6) is 0.826. The standard InChI is InChI=1S/C28H30N6O/c1-3-26(35)34-16-15-33(17-22(34)12-13-29)28-23-10-6-14-32(18-24(23)30-19-31-28)25-11-5-9-21-8-4-7-20(2)27(21)25/h3-5,7-9,11,19,22H,1,6,10,12,14-18H2,2H3/t22-/m0/s1. The van der Waals surface area contributed by atoms with Gasteiger partial charge < -0.3 is 14.7 Å². The maximum atomic E-state index is 12.3. The number of carbonyl (C=O) groups excluding carboxylic acids is 1. The molecule has 3 heterocycles. The minimum absolute atomic E-state index is 0.118. The molecule has 3 aromatic rings. The summed E-state index contributed by atoms with van der Waals surface area (Å²) in [6, 6.07) is 15.0. The summed E-state index contributed by atoms with van der Waals surface area (Å²) in [4.78, 5) is 28.2. The molecule has 0 aliphatic carbocycles. The number of hydrogen-bond acceptors (Lipinski definition) is 6. The molecule has 7 heteroatoms. The van der Waals surface area contributed by atoms with Crippen molar-refractivity contribution in [2.24, 2.45) is 0 Å². The van der Waals surface area contributed by atoms with E-state index in [0.29, 0.717) is 19.6 Å². The Hall–Kier alpha value is -3.92. The number of rotatable bonds is 4. The number of amides is 1. The summed E-state index contributed by atoms with van der Waals surface area (Å²) >= 11 is 0. The van der Waals surface area contributed by atoms with Crippen molar-refractivity contribution in [3.63, 3.8) is 0 Å². The zero-order valence-corrected chi connectivity index (χ0v) is 20.2. The molecule has 1 aromatic heterocycles. The molecule has 2 aliphatic rings. The first-order chi connectivity index (χ1) is 17.1. The van der Waals surface area contributed by atoms with Crippen LogP contribution in [0, 0.1) is 18.3 Å². The Morgan fingerprint density at radius 1 is 1.17 bits per heavy atom. The molecule has 7 nitrogen and oxygen atoms in total. The normalized spacial score (nSPS) is 18.1. The van der Waals surface area contributed by atoms with Crippen LogP contribution in [-0.4, -0.2) is 53.0 Å². The second kappa shape index (κ2) is 9.75. The predicted molar refractivity (Wildman–Crippen MR) is 138 cm³/mol. The van der Waals surface area contributed by atoms with Crippen LogP contribution < -0.4 is 9.80 Å². The quantitative estimate of drug-likeness (QED) is 0.541. The zero-order chi connectivity index (χ0) is 24.4. The molecule has 0 radical (unpaired) electrons. The minimum Gasteiger partial charge on any atom is -0.365 e. The molecule has 35 heavy (non-hydrogen) atoms. The van der Waals surface area contributed by atoms with Gasteiger partial charge in [0.25, 0.3) is 0 Å². The molecule has 1 atom stereocenters. The number of nitriles is 1. The van der Waals surface area contributed by atoms with Crippen molar-refractivity contribution in [1.82, 2.24) is 14.9 Å². The number of nitrogens with zero attached hydrogens (tertiary/aromatic N) is 6. The maximum Gasteiger partial charge on any atom is 0.246 e. The largest absolute Gasteiger partial charge is 0.365 e. The molecule has 178 valence electrons. The van der Waals surface area contributed by atoms with E-state index in [0.717, 1.165) is 37.4 Å². The van der Waals surface area contributed by atoms with E-state index >= 15 is 0 Å². The molecular weight excluding hydrogens is 436 g/mol. The highest BCUT2D eigenvalue weighted by Crippen LogP contribution is 2.34. The Morgan fingerprint density at radius 3 is 2.80 bits per heavy atom. The van der Waals surface area contributed by atoms with Gasteiger partial charge >= 0.3 is 0 Å². The lowest BCUT2D eigenvalue weighted by Gasteiger charge is -2.41. The molecule has 0 saturated carbocycles. The van der Waals surface area contributed by atoms with Crippen molar-refractivity contribution >= 4 is 28.2 Å². The van der Waals surface area contributed by atoms with E-state index in [1.54, 1.807) is 11.2 Å². The fraction of sp³-hybridized carbons (Fsp3) is 0.357. The van der Waals surface area contributed by atoms with E-state index in [1.807, 2.05) is 0 Å². The number of fused-ring (bicyclic) bond motifs is 2. The van der Waals surface area contributed by atoms with Crippen LogP contribution in [0.1, 0.15) is 29.7 Å². The van der Waals surface area contributed by atoms with E-state index in [4.69, 9.17) is 9.97 Å². The molecular formula is C28H30N6O.